The van der Waals surface area contributed by atoms with E-state index in [1.807, 2.05) is 0 Å². The van der Waals surface area contributed by atoms with E-state index in [9.17, 15) is 18.0 Å². The lowest BCUT2D eigenvalue weighted by atomic mass is 10.5. The van der Waals surface area contributed by atoms with Crippen LogP contribution in [0.25, 0.3) is 0 Å². The summed E-state index contributed by atoms with van der Waals surface area (Å²) in [5, 5.41) is 0. The van der Waals surface area contributed by atoms with Crippen LogP contribution in [0.1, 0.15) is 0 Å². The molecule has 0 radical (unpaired) electrons. The molecule has 0 aromatic heterocycles. The largest absolute Gasteiger partial charge is 0.401 e. The summed E-state index contributed by atoms with van der Waals surface area (Å²) in [5.41, 5.74) is 4.66. The Kier molecular flexibility index (Phi) is 3.31. The van der Waals surface area contributed by atoms with Gasteiger partial charge in [-0.25, -0.2) is 0 Å². The Morgan fingerprint density at radius 1 is 1.55 bits per heavy atom. The summed E-state index contributed by atoms with van der Waals surface area (Å²) in [6, 6.07) is 0. The lowest BCUT2D eigenvalue weighted by Gasteiger charge is -2.15. The molecular formula is C5H9F3N2O. The van der Waals surface area contributed by atoms with Crippen LogP contribution in [-0.4, -0.2) is 37.1 Å². The number of hydrogen-bond acceptors (Lipinski definition) is 2. The van der Waals surface area contributed by atoms with Gasteiger partial charge in [0.05, 0.1) is 13.1 Å². The Morgan fingerprint density at radius 3 is 2.27 bits per heavy atom. The molecule has 0 aromatic carbocycles. The van der Waals surface area contributed by atoms with Gasteiger partial charge in [-0.1, -0.05) is 0 Å². The number of nitrogens with zero attached hydrogens (tertiary/aromatic N) is 1. The molecule has 0 unspecified atom stereocenters. The molecule has 0 saturated heterocycles. The van der Waals surface area contributed by atoms with Crippen molar-refractivity contribution in [3.05, 3.63) is 0 Å². The van der Waals surface area contributed by atoms with Crippen LogP contribution >= 0.6 is 0 Å². The van der Waals surface area contributed by atoms with E-state index in [0.717, 1.165) is 4.90 Å². The quantitative estimate of drug-likeness (QED) is 0.646. The van der Waals surface area contributed by atoms with E-state index in [-0.39, 0.29) is 6.54 Å². The zero-order valence-corrected chi connectivity index (χ0v) is 5.98. The van der Waals surface area contributed by atoms with Crippen molar-refractivity contribution in [1.82, 2.24) is 4.90 Å². The highest BCUT2D eigenvalue weighted by atomic mass is 19.4. The van der Waals surface area contributed by atoms with Crippen LogP contribution in [0.4, 0.5) is 13.2 Å². The summed E-state index contributed by atoms with van der Waals surface area (Å²) in [6.07, 6.45) is -4.27. The molecule has 0 aliphatic carbocycles. The molecule has 2 N–H and O–H groups in total. The zero-order valence-electron chi connectivity index (χ0n) is 5.98. The number of carbonyl (C=O) groups is 1. The van der Waals surface area contributed by atoms with Crippen LogP contribution in [-0.2, 0) is 4.79 Å². The molecule has 0 fully saturated rings. The van der Waals surface area contributed by atoms with E-state index < -0.39 is 18.6 Å². The van der Waals surface area contributed by atoms with Crippen LogP contribution in [0, 0.1) is 0 Å². The van der Waals surface area contributed by atoms with Crippen molar-refractivity contribution >= 4 is 5.91 Å². The summed E-state index contributed by atoms with van der Waals surface area (Å²) in [5.74, 6) is -0.767. The van der Waals surface area contributed by atoms with Gasteiger partial charge < -0.3 is 5.73 Å². The number of nitrogens with two attached hydrogens (primary N) is 1. The van der Waals surface area contributed by atoms with Gasteiger partial charge in [0.15, 0.2) is 0 Å². The lowest BCUT2D eigenvalue weighted by Crippen LogP contribution is -2.37. The van der Waals surface area contributed by atoms with Crippen molar-refractivity contribution in [3.8, 4) is 0 Å². The van der Waals surface area contributed by atoms with Gasteiger partial charge in [-0.05, 0) is 7.05 Å². The average molecular weight is 170 g/mol. The molecule has 0 rings (SSSR count). The van der Waals surface area contributed by atoms with Gasteiger partial charge >= 0.3 is 6.18 Å². The van der Waals surface area contributed by atoms with Gasteiger partial charge in [0, 0.05) is 0 Å². The molecule has 0 aromatic rings. The Balaban J connectivity index is 3.69. The number of amides is 1. The van der Waals surface area contributed by atoms with Crippen molar-refractivity contribution in [2.24, 2.45) is 5.73 Å². The summed E-state index contributed by atoms with van der Waals surface area (Å²) < 4.78 is 34.7. The SMILES string of the molecule is CN(CC(N)=O)CC(F)(F)F. The van der Waals surface area contributed by atoms with Crippen LogP contribution in [0.2, 0.25) is 0 Å². The zero-order chi connectivity index (χ0) is 9.07. The van der Waals surface area contributed by atoms with E-state index in [4.69, 9.17) is 0 Å². The fourth-order valence-electron chi connectivity index (χ4n) is 0.628. The maximum absolute atomic E-state index is 11.6. The molecule has 0 aliphatic heterocycles. The van der Waals surface area contributed by atoms with Gasteiger partial charge in [-0.2, -0.15) is 13.2 Å². The number of halogens is 3. The fraction of sp³-hybridized carbons (Fsp3) is 0.800. The van der Waals surface area contributed by atoms with Crippen molar-refractivity contribution in [3.63, 3.8) is 0 Å². The van der Waals surface area contributed by atoms with Crippen molar-refractivity contribution < 1.29 is 18.0 Å². The van der Waals surface area contributed by atoms with E-state index in [2.05, 4.69) is 5.73 Å². The average Bonchev–Trinajstić information content (AvgIpc) is 1.53. The molecule has 0 aliphatic rings. The standard InChI is InChI=1S/C5H9F3N2O/c1-10(2-4(9)11)3-5(6,7)8/h2-3H2,1H3,(H2,9,11). The summed E-state index contributed by atoms with van der Waals surface area (Å²) >= 11 is 0. The van der Waals surface area contributed by atoms with Crippen LogP contribution < -0.4 is 5.73 Å². The highest BCUT2D eigenvalue weighted by molar-refractivity contribution is 5.75. The second kappa shape index (κ2) is 3.56. The first-order chi connectivity index (χ1) is 4.81. The molecule has 1 amide bonds. The molecule has 3 nitrogen and oxygen atoms in total. The minimum atomic E-state index is -4.27. The second-order valence-electron chi connectivity index (χ2n) is 2.25. The Morgan fingerprint density at radius 2 is 2.00 bits per heavy atom. The molecule has 0 heterocycles. The molecule has 0 bridgehead atoms. The first-order valence-corrected chi connectivity index (χ1v) is 2.85. The Labute approximate surface area is 62.0 Å². The van der Waals surface area contributed by atoms with Gasteiger partial charge in [-0.15, -0.1) is 0 Å². The number of rotatable bonds is 3. The topological polar surface area (TPSA) is 46.3 Å². The first-order valence-electron chi connectivity index (χ1n) is 2.85. The molecule has 0 atom stereocenters. The minimum Gasteiger partial charge on any atom is -0.369 e. The predicted octanol–water partition coefficient (Wildman–Crippen LogP) is -0.0342. The van der Waals surface area contributed by atoms with E-state index in [1.165, 1.54) is 7.05 Å². The highest BCUT2D eigenvalue weighted by Gasteiger charge is 2.29. The van der Waals surface area contributed by atoms with E-state index >= 15 is 0 Å². The van der Waals surface area contributed by atoms with Crippen molar-refractivity contribution in [2.45, 2.75) is 6.18 Å². The molecule has 11 heavy (non-hydrogen) atoms. The van der Waals surface area contributed by atoms with Crippen LogP contribution in [0.3, 0.4) is 0 Å². The van der Waals surface area contributed by atoms with E-state index in [1.54, 1.807) is 0 Å². The molecule has 0 saturated carbocycles. The number of primary amides is 1. The number of likely N-dealkylation sites (N-methyl/N-ethyl adjacent to an activating group) is 1. The van der Waals surface area contributed by atoms with Crippen LogP contribution in [0.5, 0.6) is 0 Å². The Bertz CT molecular complexity index is 145. The molecular weight excluding hydrogens is 161 g/mol. The minimum absolute atomic E-state index is 0.375. The smallest absolute Gasteiger partial charge is 0.369 e. The maximum Gasteiger partial charge on any atom is 0.401 e. The maximum atomic E-state index is 11.6. The van der Waals surface area contributed by atoms with Gasteiger partial charge in [0.25, 0.3) is 0 Å². The number of hydrogen-bond donors (Lipinski definition) is 1. The number of alkyl halides is 3. The third-order valence-electron chi connectivity index (χ3n) is 0.875. The normalized spacial score (nSPS) is 12.1. The van der Waals surface area contributed by atoms with Gasteiger partial charge in [0.1, 0.15) is 0 Å². The van der Waals surface area contributed by atoms with Crippen LogP contribution in [0.15, 0.2) is 0 Å². The second-order valence-corrected chi connectivity index (χ2v) is 2.25. The Hall–Kier alpha value is -0.780. The number of carbonyl (C=O) groups excluding carboxylic acids is 1. The molecule has 6 heteroatoms. The fourth-order valence-corrected chi connectivity index (χ4v) is 0.628. The van der Waals surface area contributed by atoms with Gasteiger partial charge in [0.2, 0.25) is 5.91 Å². The third kappa shape index (κ3) is 7.11. The summed E-state index contributed by atoms with van der Waals surface area (Å²) in [4.78, 5) is 10.9. The summed E-state index contributed by atoms with van der Waals surface area (Å²) in [6.45, 7) is -1.49. The summed E-state index contributed by atoms with van der Waals surface area (Å²) in [7, 11) is 1.18. The first kappa shape index (κ1) is 10.2. The van der Waals surface area contributed by atoms with Crippen molar-refractivity contribution in [2.75, 3.05) is 20.1 Å². The highest BCUT2D eigenvalue weighted by Crippen LogP contribution is 2.14. The lowest BCUT2D eigenvalue weighted by molar-refractivity contribution is -0.145. The van der Waals surface area contributed by atoms with Gasteiger partial charge in [-0.3, -0.25) is 9.69 Å². The molecule has 0 spiro atoms. The van der Waals surface area contributed by atoms with Crippen molar-refractivity contribution in [1.29, 1.82) is 0 Å². The molecule has 66 valence electrons. The third-order valence-corrected chi connectivity index (χ3v) is 0.875. The van der Waals surface area contributed by atoms with E-state index in [0.29, 0.717) is 0 Å². The predicted molar refractivity (Wildman–Crippen MR) is 32.7 cm³/mol. The monoisotopic (exact) mass is 170 g/mol.